The SMILES string of the molecule is CC[C@@H](Oc1ccccc1)c1nn2c(-c3cccs3)nnc2s1. The quantitative estimate of drug-likeness (QED) is 0.538. The van der Waals surface area contributed by atoms with E-state index in [0.29, 0.717) is 0 Å². The molecular weight excluding hydrogens is 328 g/mol. The van der Waals surface area contributed by atoms with Crippen LogP contribution in [0.15, 0.2) is 47.8 Å². The summed E-state index contributed by atoms with van der Waals surface area (Å²) in [7, 11) is 0. The van der Waals surface area contributed by atoms with Crippen LogP contribution in [-0.4, -0.2) is 19.8 Å². The zero-order valence-corrected chi connectivity index (χ0v) is 14.0. The first-order valence-electron chi connectivity index (χ1n) is 7.33. The van der Waals surface area contributed by atoms with Crippen molar-refractivity contribution in [1.29, 1.82) is 0 Å². The highest BCUT2D eigenvalue weighted by atomic mass is 32.1. The lowest BCUT2D eigenvalue weighted by Gasteiger charge is -2.14. The van der Waals surface area contributed by atoms with E-state index in [9.17, 15) is 0 Å². The molecule has 0 N–H and O–H groups in total. The molecule has 0 saturated carbocycles. The van der Waals surface area contributed by atoms with Crippen molar-refractivity contribution in [3.63, 3.8) is 0 Å². The molecule has 4 aromatic rings. The second-order valence-corrected chi connectivity index (χ2v) is 6.90. The average molecular weight is 342 g/mol. The summed E-state index contributed by atoms with van der Waals surface area (Å²) in [6, 6.07) is 13.9. The summed E-state index contributed by atoms with van der Waals surface area (Å²) >= 11 is 3.16. The summed E-state index contributed by atoms with van der Waals surface area (Å²) < 4.78 is 7.88. The van der Waals surface area contributed by atoms with Gasteiger partial charge in [0.1, 0.15) is 5.75 Å². The van der Waals surface area contributed by atoms with E-state index in [-0.39, 0.29) is 6.10 Å². The van der Waals surface area contributed by atoms with Crippen LogP contribution in [0.3, 0.4) is 0 Å². The molecule has 0 amide bonds. The molecule has 1 atom stereocenters. The van der Waals surface area contributed by atoms with Gasteiger partial charge in [0.05, 0.1) is 4.88 Å². The van der Waals surface area contributed by atoms with Crippen LogP contribution < -0.4 is 4.74 Å². The Bertz CT molecular complexity index is 899. The van der Waals surface area contributed by atoms with Crippen molar-refractivity contribution < 1.29 is 4.74 Å². The van der Waals surface area contributed by atoms with Crippen molar-refractivity contribution in [2.45, 2.75) is 19.4 Å². The van der Waals surface area contributed by atoms with Crippen molar-refractivity contribution >= 4 is 27.6 Å². The van der Waals surface area contributed by atoms with Gasteiger partial charge in [-0.3, -0.25) is 0 Å². The van der Waals surface area contributed by atoms with E-state index in [2.05, 4.69) is 22.2 Å². The van der Waals surface area contributed by atoms with Gasteiger partial charge in [0.25, 0.3) is 0 Å². The molecule has 0 spiro atoms. The van der Waals surface area contributed by atoms with Gasteiger partial charge in [-0.2, -0.15) is 9.61 Å². The first-order valence-corrected chi connectivity index (χ1v) is 9.02. The molecule has 0 bridgehead atoms. The lowest BCUT2D eigenvalue weighted by Crippen LogP contribution is -2.06. The molecule has 116 valence electrons. The third-order valence-electron chi connectivity index (χ3n) is 3.42. The summed E-state index contributed by atoms with van der Waals surface area (Å²) in [6.07, 6.45) is 0.758. The first-order chi connectivity index (χ1) is 11.3. The highest BCUT2D eigenvalue weighted by Gasteiger charge is 2.20. The second kappa shape index (κ2) is 6.10. The minimum absolute atomic E-state index is 0.0831. The van der Waals surface area contributed by atoms with E-state index >= 15 is 0 Å². The average Bonchev–Trinajstić information content (AvgIpc) is 3.29. The van der Waals surface area contributed by atoms with Crippen LogP contribution in [0, 0.1) is 0 Å². The molecule has 0 fully saturated rings. The third kappa shape index (κ3) is 2.73. The zero-order valence-electron chi connectivity index (χ0n) is 12.4. The summed E-state index contributed by atoms with van der Waals surface area (Å²) in [4.78, 5) is 1.85. The van der Waals surface area contributed by atoms with Crippen molar-refractivity contribution in [3.05, 3.63) is 52.9 Å². The standard InChI is InChI=1S/C16H14N4OS2/c1-2-12(21-11-7-4-3-5-8-11)15-19-20-14(13-9-6-10-22-13)17-18-16(20)23-15/h3-10,12H,2H2,1H3/t12-/m1/s1. The molecule has 4 rings (SSSR count). The number of rotatable bonds is 5. The van der Waals surface area contributed by atoms with Gasteiger partial charge < -0.3 is 4.74 Å². The lowest BCUT2D eigenvalue weighted by molar-refractivity contribution is 0.199. The van der Waals surface area contributed by atoms with E-state index in [1.165, 1.54) is 11.3 Å². The van der Waals surface area contributed by atoms with Gasteiger partial charge in [-0.25, -0.2) is 0 Å². The van der Waals surface area contributed by atoms with E-state index in [4.69, 9.17) is 4.74 Å². The molecule has 3 aromatic heterocycles. The number of hydrogen-bond donors (Lipinski definition) is 0. The van der Waals surface area contributed by atoms with E-state index in [1.807, 2.05) is 52.4 Å². The number of aromatic nitrogens is 4. The van der Waals surface area contributed by atoms with Crippen LogP contribution in [0.25, 0.3) is 15.7 Å². The molecule has 0 aliphatic rings. The Morgan fingerprint density at radius 1 is 1.13 bits per heavy atom. The predicted molar refractivity (Wildman–Crippen MR) is 92.1 cm³/mol. The van der Waals surface area contributed by atoms with Crippen LogP contribution in [0.2, 0.25) is 0 Å². The summed E-state index contributed by atoms with van der Waals surface area (Å²) in [5, 5.41) is 16.1. The number of para-hydroxylation sites is 1. The van der Waals surface area contributed by atoms with E-state index < -0.39 is 0 Å². The van der Waals surface area contributed by atoms with Crippen molar-refractivity contribution in [2.75, 3.05) is 0 Å². The second-order valence-electron chi connectivity index (χ2n) is 4.96. The Hall–Kier alpha value is -2.25. The largest absolute Gasteiger partial charge is 0.483 e. The lowest BCUT2D eigenvalue weighted by atomic mass is 10.3. The molecule has 3 heterocycles. The Labute approximate surface area is 141 Å². The fourth-order valence-electron chi connectivity index (χ4n) is 2.29. The minimum atomic E-state index is -0.0831. The summed E-state index contributed by atoms with van der Waals surface area (Å²) in [5.74, 6) is 1.64. The Kier molecular flexibility index (Phi) is 3.80. The molecule has 0 aliphatic heterocycles. The summed E-state index contributed by atoms with van der Waals surface area (Å²) in [5.41, 5.74) is 0. The third-order valence-corrected chi connectivity index (χ3v) is 5.27. The highest BCUT2D eigenvalue weighted by Crippen LogP contribution is 2.30. The molecule has 23 heavy (non-hydrogen) atoms. The van der Waals surface area contributed by atoms with Gasteiger partial charge in [-0.05, 0) is 30.0 Å². The maximum atomic E-state index is 6.07. The van der Waals surface area contributed by atoms with Crippen LogP contribution in [0.5, 0.6) is 5.75 Å². The minimum Gasteiger partial charge on any atom is -0.483 e. The fourth-order valence-corrected chi connectivity index (χ4v) is 3.94. The van der Waals surface area contributed by atoms with Crippen LogP contribution in [0.4, 0.5) is 0 Å². The predicted octanol–water partition coefficient (Wildman–Crippen LogP) is 4.44. The zero-order chi connectivity index (χ0) is 15.6. The van der Waals surface area contributed by atoms with Crippen LogP contribution in [-0.2, 0) is 0 Å². The Morgan fingerprint density at radius 3 is 2.74 bits per heavy atom. The molecule has 1 aromatic carbocycles. The molecule has 5 nitrogen and oxygen atoms in total. The number of thiophene rings is 1. The van der Waals surface area contributed by atoms with Gasteiger partial charge in [0, 0.05) is 0 Å². The van der Waals surface area contributed by atoms with Crippen LogP contribution in [0.1, 0.15) is 24.5 Å². The highest BCUT2D eigenvalue weighted by molar-refractivity contribution is 7.16. The monoisotopic (exact) mass is 342 g/mol. The fraction of sp³-hybridized carbons (Fsp3) is 0.188. The maximum absolute atomic E-state index is 6.07. The molecule has 0 unspecified atom stereocenters. The van der Waals surface area contributed by atoms with Gasteiger partial charge in [-0.1, -0.05) is 42.5 Å². The number of hydrogen-bond acceptors (Lipinski definition) is 6. The van der Waals surface area contributed by atoms with Crippen molar-refractivity contribution in [1.82, 2.24) is 19.8 Å². The molecular formula is C16H14N4OS2. The van der Waals surface area contributed by atoms with Gasteiger partial charge >= 0.3 is 0 Å². The Morgan fingerprint density at radius 2 is 2.00 bits per heavy atom. The molecule has 0 radical (unpaired) electrons. The first kappa shape index (κ1) is 14.3. The Balaban J connectivity index is 1.68. The van der Waals surface area contributed by atoms with Crippen molar-refractivity contribution in [3.8, 4) is 16.5 Å². The van der Waals surface area contributed by atoms with E-state index in [0.717, 1.165) is 32.8 Å². The summed E-state index contributed by atoms with van der Waals surface area (Å²) in [6.45, 7) is 2.09. The number of nitrogens with zero attached hydrogens (tertiary/aromatic N) is 4. The number of fused-ring (bicyclic) bond motifs is 1. The van der Waals surface area contributed by atoms with Gasteiger partial charge in [-0.15, -0.1) is 21.5 Å². The molecule has 0 saturated heterocycles. The van der Waals surface area contributed by atoms with Gasteiger partial charge in [0.2, 0.25) is 4.96 Å². The molecule has 7 heteroatoms. The topological polar surface area (TPSA) is 52.3 Å². The number of benzene rings is 1. The van der Waals surface area contributed by atoms with Crippen LogP contribution >= 0.6 is 22.7 Å². The van der Waals surface area contributed by atoms with Gasteiger partial charge in [0.15, 0.2) is 16.9 Å². The molecule has 0 aliphatic carbocycles. The number of ether oxygens (including phenoxy) is 1. The smallest absolute Gasteiger partial charge is 0.235 e. The van der Waals surface area contributed by atoms with E-state index in [1.54, 1.807) is 11.3 Å². The normalized spacial score (nSPS) is 12.6. The maximum Gasteiger partial charge on any atom is 0.235 e. The van der Waals surface area contributed by atoms with Crippen molar-refractivity contribution in [2.24, 2.45) is 0 Å².